The van der Waals surface area contributed by atoms with Gasteiger partial charge in [0.25, 0.3) is 0 Å². The molecule has 4 rings (SSSR count). The molecule has 160 valence electrons. The molecule has 1 aliphatic rings. The SMILES string of the molecule is CCOc1cncc(-c2ccc(NC(=O)Cc3cc(S(=O)(=O)C4CC4)ccn3)cc2)n1. The fourth-order valence-corrected chi connectivity index (χ4v) is 4.79. The van der Waals surface area contributed by atoms with Gasteiger partial charge in [0.2, 0.25) is 11.8 Å². The van der Waals surface area contributed by atoms with Crippen LogP contribution in [-0.2, 0) is 21.1 Å². The van der Waals surface area contributed by atoms with Crippen LogP contribution in [0.15, 0.2) is 59.9 Å². The van der Waals surface area contributed by atoms with E-state index in [4.69, 9.17) is 4.74 Å². The van der Waals surface area contributed by atoms with Crippen molar-refractivity contribution < 1.29 is 17.9 Å². The normalized spacial score (nSPS) is 13.6. The van der Waals surface area contributed by atoms with Crippen molar-refractivity contribution in [3.8, 4) is 17.1 Å². The topological polar surface area (TPSA) is 111 Å². The second-order valence-electron chi connectivity index (χ2n) is 7.21. The van der Waals surface area contributed by atoms with Gasteiger partial charge in [-0.25, -0.2) is 13.4 Å². The third-order valence-electron chi connectivity index (χ3n) is 4.79. The van der Waals surface area contributed by atoms with Crippen LogP contribution in [0.2, 0.25) is 0 Å². The van der Waals surface area contributed by atoms with Crippen LogP contribution in [0, 0.1) is 0 Å². The van der Waals surface area contributed by atoms with E-state index in [1.54, 1.807) is 24.5 Å². The third kappa shape index (κ3) is 5.05. The number of nitrogens with one attached hydrogen (secondary N) is 1. The maximum absolute atomic E-state index is 12.4. The molecule has 8 nitrogen and oxygen atoms in total. The van der Waals surface area contributed by atoms with Gasteiger partial charge >= 0.3 is 0 Å². The van der Waals surface area contributed by atoms with E-state index in [0.717, 1.165) is 5.56 Å². The molecule has 0 spiro atoms. The van der Waals surface area contributed by atoms with Crippen LogP contribution >= 0.6 is 0 Å². The standard InChI is InChI=1S/C22H22N4O4S/c1-2-30-22-14-23-13-20(26-22)15-3-5-16(6-4-15)25-21(27)12-17-11-19(9-10-24-17)31(28,29)18-7-8-18/h3-6,9-11,13-14,18H,2,7-8,12H2,1H3,(H,25,27). The summed E-state index contributed by atoms with van der Waals surface area (Å²) in [6.45, 7) is 2.39. The molecule has 31 heavy (non-hydrogen) atoms. The first-order valence-electron chi connectivity index (χ1n) is 9.99. The van der Waals surface area contributed by atoms with Crippen LogP contribution in [0.1, 0.15) is 25.5 Å². The number of nitrogens with zero attached hydrogens (tertiary/aromatic N) is 3. The summed E-state index contributed by atoms with van der Waals surface area (Å²) in [5, 5.41) is 2.51. The van der Waals surface area contributed by atoms with Crippen molar-refractivity contribution in [3.63, 3.8) is 0 Å². The average Bonchev–Trinajstić information content (AvgIpc) is 3.61. The van der Waals surface area contributed by atoms with E-state index in [1.165, 1.54) is 18.3 Å². The molecule has 1 fully saturated rings. The molecular weight excluding hydrogens is 416 g/mol. The minimum absolute atomic E-state index is 0.0162. The maximum atomic E-state index is 12.4. The van der Waals surface area contributed by atoms with Crippen molar-refractivity contribution in [2.75, 3.05) is 11.9 Å². The Bertz CT molecular complexity index is 1190. The molecule has 1 saturated carbocycles. The Labute approximate surface area is 180 Å². The number of rotatable bonds is 8. The summed E-state index contributed by atoms with van der Waals surface area (Å²) in [5.74, 6) is 0.176. The molecule has 9 heteroatoms. The Morgan fingerprint density at radius 2 is 1.94 bits per heavy atom. The summed E-state index contributed by atoms with van der Waals surface area (Å²) in [6, 6.07) is 10.2. The first-order valence-corrected chi connectivity index (χ1v) is 11.5. The number of hydrogen-bond donors (Lipinski definition) is 1. The lowest BCUT2D eigenvalue weighted by Gasteiger charge is -2.08. The number of carbonyl (C=O) groups excluding carboxylic acids is 1. The molecule has 1 aromatic carbocycles. The van der Waals surface area contributed by atoms with Gasteiger partial charge in [0.15, 0.2) is 9.84 Å². The van der Waals surface area contributed by atoms with Crippen molar-refractivity contribution in [3.05, 3.63) is 60.7 Å². The first kappa shape index (κ1) is 20.9. The monoisotopic (exact) mass is 438 g/mol. The van der Waals surface area contributed by atoms with Gasteiger partial charge in [-0.15, -0.1) is 0 Å². The van der Waals surface area contributed by atoms with E-state index in [0.29, 0.717) is 42.4 Å². The largest absolute Gasteiger partial charge is 0.477 e. The van der Waals surface area contributed by atoms with Crippen molar-refractivity contribution >= 4 is 21.4 Å². The minimum Gasteiger partial charge on any atom is -0.477 e. The number of ether oxygens (including phenoxy) is 1. The second-order valence-corrected chi connectivity index (χ2v) is 9.43. The summed E-state index contributed by atoms with van der Waals surface area (Å²) in [7, 11) is -3.31. The van der Waals surface area contributed by atoms with Gasteiger partial charge in [-0.1, -0.05) is 12.1 Å². The summed E-state index contributed by atoms with van der Waals surface area (Å²) < 4.78 is 30.1. The van der Waals surface area contributed by atoms with E-state index < -0.39 is 9.84 Å². The van der Waals surface area contributed by atoms with Crippen LogP contribution in [0.25, 0.3) is 11.3 Å². The highest BCUT2D eigenvalue weighted by Gasteiger charge is 2.37. The highest BCUT2D eigenvalue weighted by atomic mass is 32.2. The lowest BCUT2D eigenvalue weighted by atomic mass is 10.1. The van der Waals surface area contributed by atoms with Crippen molar-refractivity contribution in [2.24, 2.45) is 0 Å². The number of aromatic nitrogens is 3. The molecule has 1 amide bonds. The number of anilines is 1. The van der Waals surface area contributed by atoms with Crippen LogP contribution < -0.4 is 10.1 Å². The van der Waals surface area contributed by atoms with Gasteiger partial charge < -0.3 is 10.1 Å². The molecule has 0 radical (unpaired) electrons. The number of amides is 1. The van der Waals surface area contributed by atoms with E-state index in [-0.39, 0.29) is 22.5 Å². The molecule has 0 aliphatic heterocycles. The van der Waals surface area contributed by atoms with Crippen LogP contribution in [0.4, 0.5) is 5.69 Å². The number of carbonyl (C=O) groups is 1. The summed E-state index contributed by atoms with van der Waals surface area (Å²) in [5.41, 5.74) is 2.54. The Morgan fingerprint density at radius 1 is 1.16 bits per heavy atom. The third-order valence-corrected chi connectivity index (χ3v) is 7.05. The summed E-state index contributed by atoms with van der Waals surface area (Å²) in [4.78, 5) is 25.3. The molecule has 2 heterocycles. The number of benzene rings is 1. The van der Waals surface area contributed by atoms with Crippen molar-refractivity contribution in [1.82, 2.24) is 15.0 Å². The fourth-order valence-electron chi connectivity index (χ4n) is 3.10. The minimum atomic E-state index is -3.31. The van der Waals surface area contributed by atoms with Gasteiger partial charge in [-0.05, 0) is 44.0 Å². The molecule has 3 aromatic rings. The maximum Gasteiger partial charge on any atom is 0.232 e. The Hall–Kier alpha value is -3.33. The van der Waals surface area contributed by atoms with E-state index in [1.807, 2.05) is 19.1 Å². The quantitative estimate of drug-likeness (QED) is 0.575. The molecule has 0 bridgehead atoms. The second kappa shape index (κ2) is 8.81. The molecule has 1 aliphatic carbocycles. The van der Waals surface area contributed by atoms with Crippen LogP contribution in [-0.4, -0.2) is 41.1 Å². The number of sulfone groups is 1. The van der Waals surface area contributed by atoms with Crippen LogP contribution in [0.5, 0.6) is 5.88 Å². The van der Waals surface area contributed by atoms with Gasteiger partial charge in [0.1, 0.15) is 0 Å². The van der Waals surface area contributed by atoms with E-state index >= 15 is 0 Å². The Kier molecular flexibility index (Phi) is 5.94. The van der Waals surface area contributed by atoms with E-state index in [9.17, 15) is 13.2 Å². The lowest BCUT2D eigenvalue weighted by Crippen LogP contribution is -2.16. The van der Waals surface area contributed by atoms with Gasteiger partial charge in [0, 0.05) is 17.4 Å². The lowest BCUT2D eigenvalue weighted by molar-refractivity contribution is -0.115. The van der Waals surface area contributed by atoms with Gasteiger partial charge in [-0.3, -0.25) is 14.8 Å². The molecule has 0 atom stereocenters. The molecule has 0 unspecified atom stereocenters. The zero-order valence-corrected chi connectivity index (χ0v) is 17.8. The molecule has 1 N–H and O–H groups in total. The predicted molar refractivity (Wildman–Crippen MR) is 115 cm³/mol. The van der Waals surface area contributed by atoms with Gasteiger partial charge in [-0.2, -0.15) is 0 Å². The highest BCUT2D eigenvalue weighted by Crippen LogP contribution is 2.33. The number of hydrogen-bond acceptors (Lipinski definition) is 7. The Morgan fingerprint density at radius 3 is 2.65 bits per heavy atom. The average molecular weight is 439 g/mol. The van der Waals surface area contributed by atoms with Crippen LogP contribution in [0.3, 0.4) is 0 Å². The summed E-state index contributed by atoms with van der Waals surface area (Å²) in [6.07, 6.45) is 6.00. The predicted octanol–water partition coefficient (Wildman–Crippen LogP) is 3.05. The number of pyridine rings is 1. The van der Waals surface area contributed by atoms with E-state index in [2.05, 4.69) is 20.3 Å². The van der Waals surface area contributed by atoms with Crippen molar-refractivity contribution in [2.45, 2.75) is 36.3 Å². The van der Waals surface area contributed by atoms with Crippen molar-refractivity contribution in [1.29, 1.82) is 0 Å². The first-order chi connectivity index (χ1) is 15.0. The fraction of sp³-hybridized carbons (Fsp3) is 0.273. The zero-order chi connectivity index (χ0) is 21.8. The summed E-state index contributed by atoms with van der Waals surface area (Å²) >= 11 is 0. The Balaban J connectivity index is 1.41. The molecular formula is C22H22N4O4S. The highest BCUT2D eigenvalue weighted by molar-refractivity contribution is 7.92. The molecule has 0 saturated heterocycles. The smallest absolute Gasteiger partial charge is 0.232 e. The zero-order valence-electron chi connectivity index (χ0n) is 17.0. The molecule has 2 aromatic heterocycles. The van der Waals surface area contributed by atoms with Gasteiger partial charge in [0.05, 0.1) is 47.0 Å².